The molecule has 0 bridgehead atoms. The molecule has 3 nitrogen and oxygen atoms in total. The number of fused-ring (bicyclic) bond motifs is 1. The van der Waals surface area contributed by atoms with Crippen molar-refractivity contribution in [3.8, 4) is 11.1 Å². The lowest BCUT2D eigenvalue weighted by Gasteiger charge is -2.15. The normalized spacial score (nSPS) is 11.1. The Kier molecular flexibility index (Phi) is 4.43. The summed E-state index contributed by atoms with van der Waals surface area (Å²) in [5.41, 5.74) is 9.38. The van der Waals surface area contributed by atoms with Crippen molar-refractivity contribution in [2.75, 3.05) is 5.73 Å². The topological polar surface area (TPSA) is 48.0 Å². The van der Waals surface area contributed by atoms with E-state index >= 15 is 0 Å². The molecule has 2 N–H and O–H groups in total. The molecule has 1 aromatic heterocycles. The summed E-state index contributed by atoms with van der Waals surface area (Å²) in [7, 11) is 1.70. The van der Waals surface area contributed by atoms with Crippen LogP contribution in [0.2, 0.25) is 0 Å². The molecule has 0 saturated carbocycles. The van der Waals surface area contributed by atoms with Crippen molar-refractivity contribution in [2.45, 2.75) is 6.42 Å². The van der Waals surface area contributed by atoms with E-state index in [2.05, 4.69) is 0 Å². The second kappa shape index (κ2) is 6.93. The summed E-state index contributed by atoms with van der Waals surface area (Å²) in [4.78, 5) is 12.5. The second-order valence-corrected chi connectivity index (χ2v) is 6.83. The number of nitrogen functional groups attached to an aromatic ring is 1. The van der Waals surface area contributed by atoms with E-state index in [4.69, 9.17) is 5.73 Å². The van der Waals surface area contributed by atoms with Crippen molar-refractivity contribution in [3.63, 3.8) is 0 Å². The van der Waals surface area contributed by atoms with Crippen LogP contribution in [0.15, 0.2) is 71.7 Å². The zero-order chi connectivity index (χ0) is 19.8. The molecule has 5 heteroatoms. The van der Waals surface area contributed by atoms with Crippen LogP contribution in [0.1, 0.15) is 11.1 Å². The highest BCUT2D eigenvalue weighted by atomic mass is 19.1. The van der Waals surface area contributed by atoms with Gasteiger partial charge in [-0.15, -0.1) is 0 Å². The summed E-state index contributed by atoms with van der Waals surface area (Å²) < 4.78 is 29.0. The molecule has 0 atom stereocenters. The van der Waals surface area contributed by atoms with Gasteiger partial charge < -0.3 is 10.3 Å². The molecule has 0 amide bonds. The van der Waals surface area contributed by atoms with E-state index in [0.717, 1.165) is 28.1 Å². The van der Waals surface area contributed by atoms with Crippen LogP contribution in [0.4, 0.5) is 14.5 Å². The molecule has 0 radical (unpaired) electrons. The average Bonchev–Trinajstić information content (AvgIpc) is 2.68. The maximum absolute atomic E-state index is 14.2. The molecule has 0 aliphatic rings. The quantitative estimate of drug-likeness (QED) is 0.529. The third-order valence-corrected chi connectivity index (χ3v) is 4.91. The monoisotopic (exact) mass is 376 g/mol. The molecule has 1 heterocycles. The lowest BCUT2D eigenvalue weighted by atomic mass is 9.92. The van der Waals surface area contributed by atoms with Gasteiger partial charge in [0.2, 0.25) is 0 Å². The van der Waals surface area contributed by atoms with Crippen LogP contribution in [0.5, 0.6) is 0 Å². The van der Waals surface area contributed by atoms with Gasteiger partial charge in [-0.25, -0.2) is 8.78 Å². The van der Waals surface area contributed by atoms with E-state index in [1.165, 1.54) is 16.7 Å². The smallest absolute Gasteiger partial charge is 0.258 e. The third kappa shape index (κ3) is 3.16. The number of rotatable bonds is 3. The Bertz CT molecular complexity index is 1260. The molecule has 0 aliphatic heterocycles. The minimum absolute atomic E-state index is 0.0885. The van der Waals surface area contributed by atoms with Gasteiger partial charge in [-0.1, -0.05) is 30.3 Å². The maximum atomic E-state index is 14.2. The standard InChI is InChI=1S/C23H18F2N2O/c1-27-13-21(18-4-2-3-5-19(18)23(27)28)20-12-17(26)9-7-14(20)10-15-6-8-16(24)11-22(15)25/h2-9,11-13H,10,26H2,1H3. The number of anilines is 1. The van der Waals surface area contributed by atoms with E-state index in [9.17, 15) is 13.6 Å². The Balaban J connectivity index is 1.94. The first kappa shape index (κ1) is 17.9. The number of aromatic nitrogens is 1. The molecule has 0 aliphatic carbocycles. The second-order valence-electron chi connectivity index (χ2n) is 6.83. The lowest BCUT2D eigenvalue weighted by molar-refractivity contribution is 0.574. The molecule has 4 rings (SSSR count). The Labute approximate surface area is 160 Å². The van der Waals surface area contributed by atoms with Crippen molar-refractivity contribution in [1.82, 2.24) is 4.57 Å². The molecule has 0 unspecified atom stereocenters. The summed E-state index contributed by atoms with van der Waals surface area (Å²) in [6.45, 7) is 0. The van der Waals surface area contributed by atoms with Crippen molar-refractivity contribution in [3.05, 3.63) is 100.0 Å². The fourth-order valence-electron chi connectivity index (χ4n) is 3.50. The number of hydrogen-bond donors (Lipinski definition) is 1. The van der Waals surface area contributed by atoms with Gasteiger partial charge in [-0.3, -0.25) is 4.79 Å². The zero-order valence-corrected chi connectivity index (χ0v) is 15.2. The number of hydrogen-bond acceptors (Lipinski definition) is 2. The number of nitrogens with two attached hydrogens (primary N) is 1. The van der Waals surface area contributed by atoms with E-state index in [-0.39, 0.29) is 12.0 Å². The minimum atomic E-state index is -0.608. The fraction of sp³-hybridized carbons (Fsp3) is 0.0870. The summed E-state index contributed by atoms with van der Waals surface area (Å²) in [5.74, 6) is -1.20. The summed E-state index contributed by atoms with van der Waals surface area (Å²) in [5, 5.41) is 1.40. The maximum Gasteiger partial charge on any atom is 0.258 e. The number of nitrogens with zero attached hydrogens (tertiary/aromatic N) is 1. The van der Waals surface area contributed by atoms with Crippen LogP contribution >= 0.6 is 0 Å². The molecule has 0 spiro atoms. The highest BCUT2D eigenvalue weighted by molar-refractivity contribution is 5.97. The molecule has 0 saturated heterocycles. The highest BCUT2D eigenvalue weighted by Gasteiger charge is 2.14. The highest BCUT2D eigenvalue weighted by Crippen LogP contribution is 2.32. The average molecular weight is 376 g/mol. The van der Waals surface area contributed by atoms with E-state index < -0.39 is 11.6 Å². The zero-order valence-electron chi connectivity index (χ0n) is 15.2. The van der Waals surface area contributed by atoms with Gasteiger partial charge >= 0.3 is 0 Å². The van der Waals surface area contributed by atoms with E-state index in [0.29, 0.717) is 16.6 Å². The van der Waals surface area contributed by atoms with Gasteiger partial charge in [0.05, 0.1) is 0 Å². The summed E-state index contributed by atoms with van der Waals surface area (Å²) in [6.07, 6.45) is 2.04. The summed E-state index contributed by atoms with van der Waals surface area (Å²) >= 11 is 0. The van der Waals surface area contributed by atoms with Crippen LogP contribution in [-0.4, -0.2) is 4.57 Å². The van der Waals surface area contributed by atoms with Crippen LogP contribution in [0, 0.1) is 11.6 Å². The number of benzene rings is 3. The largest absolute Gasteiger partial charge is 0.399 e. The molecule has 28 heavy (non-hydrogen) atoms. The van der Waals surface area contributed by atoms with Gasteiger partial charge in [-0.2, -0.15) is 0 Å². The number of pyridine rings is 1. The van der Waals surface area contributed by atoms with Gasteiger partial charge in [0.15, 0.2) is 0 Å². The third-order valence-electron chi connectivity index (χ3n) is 4.91. The lowest BCUT2D eigenvalue weighted by Crippen LogP contribution is -2.16. The SMILES string of the molecule is Cn1cc(-c2cc(N)ccc2Cc2ccc(F)cc2F)c2ccccc2c1=O. The number of aryl methyl sites for hydroxylation is 1. The fourth-order valence-corrected chi connectivity index (χ4v) is 3.50. The van der Waals surface area contributed by atoms with Crippen LogP contribution < -0.4 is 11.3 Å². The minimum Gasteiger partial charge on any atom is -0.399 e. The van der Waals surface area contributed by atoms with Crippen molar-refractivity contribution >= 4 is 16.5 Å². The van der Waals surface area contributed by atoms with Gasteiger partial charge in [0.25, 0.3) is 5.56 Å². The van der Waals surface area contributed by atoms with E-state index in [1.807, 2.05) is 30.3 Å². The van der Waals surface area contributed by atoms with Crippen LogP contribution in [0.25, 0.3) is 21.9 Å². The molecule has 140 valence electrons. The Morgan fingerprint density at radius 2 is 1.61 bits per heavy atom. The van der Waals surface area contributed by atoms with Gasteiger partial charge in [0, 0.05) is 42.4 Å². The van der Waals surface area contributed by atoms with Gasteiger partial charge in [-0.05, 0) is 46.3 Å². The van der Waals surface area contributed by atoms with Gasteiger partial charge in [0.1, 0.15) is 11.6 Å². The van der Waals surface area contributed by atoms with Crippen molar-refractivity contribution in [1.29, 1.82) is 0 Å². The van der Waals surface area contributed by atoms with E-state index in [1.54, 1.807) is 25.4 Å². The van der Waals surface area contributed by atoms with Crippen molar-refractivity contribution in [2.24, 2.45) is 7.05 Å². The first-order valence-electron chi connectivity index (χ1n) is 8.85. The van der Waals surface area contributed by atoms with Crippen LogP contribution in [0.3, 0.4) is 0 Å². The molecule has 3 aromatic carbocycles. The molecular formula is C23H18F2N2O. The summed E-state index contributed by atoms with van der Waals surface area (Å²) in [6, 6.07) is 16.4. The first-order valence-corrected chi connectivity index (χ1v) is 8.85. The van der Waals surface area contributed by atoms with Crippen LogP contribution in [-0.2, 0) is 13.5 Å². The Morgan fingerprint density at radius 3 is 2.36 bits per heavy atom. The van der Waals surface area contributed by atoms with Crippen molar-refractivity contribution < 1.29 is 8.78 Å². The predicted molar refractivity (Wildman–Crippen MR) is 108 cm³/mol. The Morgan fingerprint density at radius 1 is 0.893 bits per heavy atom. The molecule has 4 aromatic rings. The molecular weight excluding hydrogens is 358 g/mol. The first-order chi connectivity index (χ1) is 13.4. The predicted octanol–water partition coefficient (Wildman–Crippen LogP) is 4.66. The Hall–Kier alpha value is -3.47. The number of halogens is 2. The molecule has 0 fully saturated rings.